The van der Waals surface area contributed by atoms with Crippen molar-refractivity contribution in [1.29, 1.82) is 0 Å². The summed E-state index contributed by atoms with van der Waals surface area (Å²) in [4.78, 5) is 0. The Morgan fingerprint density at radius 1 is 1.28 bits per heavy atom. The van der Waals surface area contributed by atoms with Crippen LogP contribution >= 0.6 is 26.0 Å². The summed E-state index contributed by atoms with van der Waals surface area (Å²) in [6.45, 7) is 4.01. The predicted octanol–water partition coefficient (Wildman–Crippen LogP) is 4.97. The third-order valence-electron chi connectivity index (χ3n) is 5.33. The molecule has 1 aliphatic rings. The summed E-state index contributed by atoms with van der Waals surface area (Å²) in [5, 5.41) is 5.77. The maximum atomic E-state index is 5.84. The lowest BCUT2D eigenvalue weighted by Crippen LogP contribution is -2.10. The topological polar surface area (TPSA) is 41.2 Å². The van der Waals surface area contributed by atoms with Gasteiger partial charge >= 0.3 is 0 Å². The molecule has 1 fully saturated rings. The SMILES string of the molecule is CS(C)(C)CCOCn1cc(-c2cn(CC3CCOC3)c3ccc(Br)cc23)cn1. The van der Waals surface area contributed by atoms with Crippen molar-refractivity contribution in [3.8, 4) is 11.1 Å². The van der Waals surface area contributed by atoms with E-state index in [0.717, 1.165) is 48.6 Å². The van der Waals surface area contributed by atoms with Gasteiger partial charge in [-0.25, -0.2) is 14.7 Å². The van der Waals surface area contributed by atoms with Crippen molar-refractivity contribution in [2.45, 2.75) is 19.7 Å². The molecule has 2 aromatic heterocycles. The third kappa shape index (κ3) is 5.26. The maximum absolute atomic E-state index is 5.84. The van der Waals surface area contributed by atoms with E-state index in [-0.39, 0.29) is 0 Å². The highest BCUT2D eigenvalue weighted by atomic mass is 79.9. The van der Waals surface area contributed by atoms with Crippen LogP contribution in [0.1, 0.15) is 6.42 Å². The van der Waals surface area contributed by atoms with Crippen LogP contribution in [-0.2, 0) is 22.7 Å². The van der Waals surface area contributed by atoms with Gasteiger partial charge in [-0.3, -0.25) is 0 Å². The van der Waals surface area contributed by atoms with Gasteiger partial charge in [0.25, 0.3) is 0 Å². The first-order valence-corrected chi connectivity index (χ1v) is 13.8. The number of nitrogens with zero attached hydrogens (tertiary/aromatic N) is 3. The van der Waals surface area contributed by atoms with Gasteiger partial charge in [-0.2, -0.15) is 5.10 Å². The molecule has 0 aliphatic carbocycles. The molecule has 3 aromatic rings. The molecule has 0 saturated carbocycles. The Morgan fingerprint density at radius 2 is 2.14 bits per heavy atom. The van der Waals surface area contributed by atoms with Crippen LogP contribution in [-0.4, -0.2) is 58.7 Å². The van der Waals surface area contributed by atoms with Gasteiger partial charge in [-0.05, 0) is 43.4 Å². The van der Waals surface area contributed by atoms with Crippen LogP contribution in [0.4, 0.5) is 0 Å². The van der Waals surface area contributed by atoms with E-state index in [1.165, 1.54) is 16.5 Å². The summed E-state index contributed by atoms with van der Waals surface area (Å²) in [6, 6.07) is 6.51. The number of rotatable bonds is 8. The number of hydrogen-bond acceptors (Lipinski definition) is 3. The number of halogens is 1. The minimum absolute atomic E-state index is 0.497. The lowest BCUT2D eigenvalue weighted by atomic mass is 10.1. The molecule has 1 aromatic carbocycles. The summed E-state index contributed by atoms with van der Waals surface area (Å²) in [5.41, 5.74) is 3.59. The molecular weight excluding hydrogens is 450 g/mol. The van der Waals surface area contributed by atoms with Gasteiger partial charge in [0.2, 0.25) is 0 Å². The van der Waals surface area contributed by atoms with E-state index in [2.05, 4.69) is 75.0 Å². The van der Waals surface area contributed by atoms with Gasteiger partial charge in [-0.15, -0.1) is 0 Å². The Labute approximate surface area is 182 Å². The standard InChI is InChI=1S/C22H30BrN3O2S/c1-29(2,3)9-8-28-16-26-13-18(11-24-26)21-14-25(12-17-6-7-27-15-17)22-5-4-19(23)10-20(21)22/h4-5,10-11,13-14,17H,6-9,12,15-16H2,1-3H3. The van der Waals surface area contributed by atoms with Crippen LogP contribution < -0.4 is 0 Å². The van der Waals surface area contributed by atoms with Crippen LogP contribution in [0.5, 0.6) is 0 Å². The Morgan fingerprint density at radius 3 is 2.90 bits per heavy atom. The molecular formula is C22H30BrN3O2S. The highest BCUT2D eigenvalue weighted by molar-refractivity contribution is 9.10. The van der Waals surface area contributed by atoms with Crippen LogP contribution in [0, 0.1) is 5.92 Å². The van der Waals surface area contributed by atoms with Gasteiger partial charge in [0.05, 0.1) is 19.4 Å². The van der Waals surface area contributed by atoms with Crippen LogP contribution in [0.3, 0.4) is 0 Å². The highest BCUT2D eigenvalue weighted by Gasteiger charge is 2.19. The fourth-order valence-corrected chi connectivity index (χ4v) is 4.68. The van der Waals surface area contributed by atoms with Crippen molar-refractivity contribution >= 4 is 36.9 Å². The average molecular weight is 480 g/mol. The summed E-state index contributed by atoms with van der Waals surface area (Å²) in [7, 11) is -0.523. The first-order valence-electron chi connectivity index (χ1n) is 10.0. The lowest BCUT2D eigenvalue weighted by Gasteiger charge is -2.24. The van der Waals surface area contributed by atoms with Crippen molar-refractivity contribution in [1.82, 2.24) is 14.3 Å². The van der Waals surface area contributed by atoms with E-state index >= 15 is 0 Å². The highest BCUT2D eigenvalue weighted by Crippen LogP contribution is 2.34. The maximum Gasteiger partial charge on any atom is 0.139 e. The molecule has 7 heteroatoms. The second kappa shape index (κ2) is 8.84. The zero-order valence-electron chi connectivity index (χ0n) is 17.4. The van der Waals surface area contributed by atoms with Gasteiger partial charge in [0.15, 0.2) is 0 Å². The number of hydrogen-bond donors (Lipinski definition) is 0. The van der Waals surface area contributed by atoms with Gasteiger partial charge < -0.3 is 14.0 Å². The second-order valence-electron chi connectivity index (χ2n) is 8.69. The van der Waals surface area contributed by atoms with E-state index in [1.807, 2.05) is 10.9 Å². The lowest BCUT2D eigenvalue weighted by molar-refractivity contribution is 0.0809. The quantitative estimate of drug-likeness (QED) is 0.428. The second-order valence-corrected chi connectivity index (χ2v) is 14.2. The van der Waals surface area contributed by atoms with Crippen LogP contribution in [0.25, 0.3) is 22.0 Å². The zero-order valence-corrected chi connectivity index (χ0v) is 19.8. The van der Waals surface area contributed by atoms with Gasteiger partial charge in [0.1, 0.15) is 6.73 Å². The van der Waals surface area contributed by atoms with Crippen LogP contribution in [0.15, 0.2) is 41.3 Å². The molecule has 0 spiro atoms. The van der Waals surface area contributed by atoms with Gasteiger partial charge in [0, 0.05) is 63.7 Å². The molecule has 0 bridgehead atoms. The monoisotopic (exact) mass is 479 g/mol. The van der Waals surface area contributed by atoms with Crippen LogP contribution in [0.2, 0.25) is 0 Å². The molecule has 0 amide bonds. The van der Waals surface area contributed by atoms with E-state index < -0.39 is 10.0 Å². The molecule has 1 aliphatic heterocycles. The predicted molar refractivity (Wildman–Crippen MR) is 126 cm³/mol. The molecule has 0 N–H and O–H groups in total. The normalized spacial score (nSPS) is 18.0. The van der Waals surface area contributed by atoms with E-state index in [1.54, 1.807) is 0 Å². The first kappa shape index (κ1) is 21.0. The zero-order chi connectivity index (χ0) is 20.4. The van der Waals surface area contributed by atoms with Gasteiger partial charge in [-0.1, -0.05) is 15.9 Å². The number of ether oxygens (including phenoxy) is 2. The summed E-state index contributed by atoms with van der Waals surface area (Å²) < 4.78 is 16.8. The van der Waals surface area contributed by atoms with Crippen molar-refractivity contribution in [2.24, 2.45) is 5.92 Å². The van der Waals surface area contributed by atoms with Crippen molar-refractivity contribution in [3.63, 3.8) is 0 Å². The minimum atomic E-state index is -0.523. The van der Waals surface area contributed by atoms with Crippen molar-refractivity contribution < 1.29 is 9.47 Å². The molecule has 5 nitrogen and oxygen atoms in total. The molecule has 29 heavy (non-hydrogen) atoms. The molecule has 1 unspecified atom stereocenters. The summed E-state index contributed by atoms with van der Waals surface area (Å²) >= 11 is 3.63. The summed E-state index contributed by atoms with van der Waals surface area (Å²) in [6.07, 6.45) is 14.4. The largest absolute Gasteiger partial charge is 0.381 e. The molecule has 4 rings (SSSR count). The minimum Gasteiger partial charge on any atom is -0.381 e. The Balaban J connectivity index is 1.54. The Hall–Kier alpha value is -1.28. The molecule has 3 heterocycles. The smallest absolute Gasteiger partial charge is 0.139 e. The Bertz CT molecular complexity index is 970. The molecule has 158 valence electrons. The third-order valence-corrected chi connectivity index (χ3v) is 7.21. The fraction of sp³-hybridized carbons (Fsp3) is 0.500. The van der Waals surface area contributed by atoms with Crippen molar-refractivity contribution in [3.05, 3.63) is 41.3 Å². The molecule has 1 saturated heterocycles. The fourth-order valence-electron chi connectivity index (χ4n) is 3.70. The summed E-state index contributed by atoms with van der Waals surface area (Å²) in [5.74, 6) is 1.70. The first-order chi connectivity index (χ1) is 13.9. The van der Waals surface area contributed by atoms with E-state index in [4.69, 9.17) is 9.47 Å². The number of aromatic nitrogens is 3. The number of benzene rings is 1. The van der Waals surface area contributed by atoms with E-state index in [9.17, 15) is 0 Å². The van der Waals surface area contributed by atoms with Crippen molar-refractivity contribution in [2.75, 3.05) is 44.3 Å². The Kier molecular flexibility index (Phi) is 6.39. The molecule has 1 atom stereocenters. The number of fused-ring (bicyclic) bond motifs is 1. The molecule has 0 radical (unpaired) electrons. The average Bonchev–Trinajstić information content (AvgIpc) is 3.39. The van der Waals surface area contributed by atoms with E-state index in [0.29, 0.717) is 12.6 Å².